The fourth-order valence-electron chi connectivity index (χ4n) is 0.583. The highest BCUT2D eigenvalue weighted by molar-refractivity contribution is 7.08. The van der Waals surface area contributed by atoms with Gasteiger partial charge >= 0.3 is 5.97 Å². The molecule has 0 aliphatic rings. The summed E-state index contributed by atoms with van der Waals surface area (Å²) < 4.78 is 4.46. The molecule has 0 saturated carbocycles. The fraction of sp³-hybridized carbons (Fsp3) is 0.167. The highest BCUT2D eigenvalue weighted by atomic mass is 35.5. The minimum absolute atomic E-state index is 0. The Hall–Kier alpha value is -0.740. The van der Waals surface area contributed by atoms with E-state index in [1.54, 1.807) is 10.8 Å². The summed E-state index contributed by atoms with van der Waals surface area (Å²) in [5.74, 6) is -0.376. The second-order valence-corrected chi connectivity index (χ2v) is 2.48. The molecule has 5 heteroatoms. The number of anilines is 1. The molecule has 1 heterocycles. The van der Waals surface area contributed by atoms with Crippen molar-refractivity contribution in [2.24, 2.45) is 0 Å². The molecular weight excluding hydrogens is 186 g/mol. The lowest BCUT2D eigenvalue weighted by molar-refractivity contribution is -0.0000168. The van der Waals surface area contributed by atoms with Crippen molar-refractivity contribution in [1.82, 2.24) is 0 Å². The van der Waals surface area contributed by atoms with Crippen LogP contribution in [0.2, 0.25) is 0 Å². The van der Waals surface area contributed by atoms with Crippen LogP contribution < -0.4 is 18.1 Å². The number of hydrogen-bond acceptors (Lipinski definition) is 4. The largest absolute Gasteiger partial charge is 1.00 e. The number of carbonyl (C=O) groups is 1. The maximum absolute atomic E-state index is 10.8. The van der Waals surface area contributed by atoms with Crippen LogP contribution in [0.5, 0.6) is 0 Å². The van der Waals surface area contributed by atoms with Gasteiger partial charge in [-0.1, -0.05) is 0 Å². The van der Waals surface area contributed by atoms with Crippen molar-refractivity contribution in [1.29, 1.82) is 0 Å². The number of hydrogen-bond donors (Lipinski definition) is 1. The molecule has 0 radical (unpaired) electrons. The number of halogens is 1. The van der Waals surface area contributed by atoms with Gasteiger partial charge in [0.1, 0.15) is 0 Å². The first kappa shape index (κ1) is 10.3. The van der Waals surface area contributed by atoms with Crippen LogP contribution in [0.4, 0.5) is 5.69 Å². The number of nitrogens with two attached hydrogens (primary N) is 1. The third-order valence-electron chi connectivity index (χ3n) is 1.10. The zero-order valence-corrected chi connectivity index (χ0v) is 7.41. The molecule has 0 fully saturated rings. The van der Waals surface area contributed by atoms with Crippen molar-refractivity contribution in [2.45, 2.75) is 0 Å². The normalized spacial score (nSPS) is 8.45. The zero-order valence-electron chi connectivity index (χ0n) is 5.83. The number of esters is 1. The van der Waals surface area contributed by atoms with Gasteiger partial charge in [0.05, 0.1) is 18.4 Å². The Kier molecular flexibility index (Phi) is 3.92. The Morgan fingerprint density at radius 1 is 1.64 bits per heavy atom. The van der Waals surface area contributed by atoms with Gasteiger partial charge in [0.15, 0.2) is 0 Å². The number of rotatable bonds is 1. The van der Waals surface area contributed by atoms with E-state index in [9.17, 15) is 4.79 Å². The first-order valence-electron chi connectivity index (χ1n) is 2.65. The molecule has 0 bridgehead atoms. The Morgan fingerprint density at radius 3 is 2.64 bits per heavy atom. The lowest BCUT2D eigenvalue weighted by atomic mass is 10.3. The number of ether oxygens (including phenoxy) is 1. The molecule has 11 heavy (non-hydrogen) atoms. The molecule has 0 spiro atoms. The van der Waals surface area contributed by atoms with Crippen LogP contribution in [0.1, 0.15) is 10.4 Å². The van der Waals surface area contributed by atoms with E-state index in [2.05, 4.69) is 4.74 Å². The maximum Gasteiger partial charge on any atom is 0.340 e. The highest BCUT2D eigenvalue weighted by Gasteiger charge is 2.08. The van der Waals surface area contributed by atoms with E-state index in [0.717, 1.165) is 0 Å². The molecule has 0 atom stereocenters. The number of thiophene rings is 1. The Balaban J connectivity index is 0.000001000. The molecule has 0 aromatic carbocycles. The van der Waals surface area contributed by atoms with Gasteiger partial charge in [-0.05, 0) is 0 Å². The van der Waals surface area contributed by atoms with Gasteiger partial charge < -0.3 is 22.9 Å². The van der Waals surface area contributed by atoms with Gasteiger partial charge in [-0.25, -0.2) is 4.79 Å². The maximum atomic E-state index is 10.8. The van der Waals surface area contributed by atoms with E-state index in [-0.39, 0.29) is 18.4 Å². The predicted octanol–water partition coefficient (Wildman–Crippen LogP) is -1.88. The Morgan fingerprint density at radius 2 is 2.27 bits per heavy atom. The number of carbonyl (C=O) groups excluding carboxylic acids is 1. The van der Waals surface area contributed by atoms with Gasteiger partial charge in [-0.15, -0.1) is 11.3 Å². The summed E-state index contributed by atoms with van der Waals surface area (Å²) in [5, 5.41) is 3.37. The Bertz CT molecular complexity index is 248. The summed E-state index contributed by atoms with van der Waals surface area (Å²) in [7, 11) is 1.33. The average molecular weight is 193 g/mol. The minimum Gasteiger partial charge on any atom is -1.00 e. The van der Waals surface area contributed by atoms with Gasteiger partial charge in [0, 0.05) is 10.8 Å². The third-order valence-corrected chi connectivity index (χ3v) is 1.86. The van der Waals surface area contributed by atoms with E-state index in [1.165, 1.54) is 18.4 Å². The van der Waals surface area contributed by atoms with Crippen LogP contribution in [-0.2, 0) is 4.74 Å². The van der Waals surface area contributed by atoms with Gasteiger partial charge in [-0.2, -0.15) is 0 Å². The van der Waals surface area contributed by atoms with Crippen molar-refractivity contribution in [3.05, 3.63) is 16.3 Å². The summed E-state index contributed by atoms with van der Waals surface area (Å²) in [4.78, 5) is 10.8. The molecular formula is C6H7ClNO2S-. The van der Waals surface area contributed by atoms with Crippen LogP contribution in [0.25, 0.3) is 0 Å². The molecule has 3 nitrogen and oxygen atoms in total. The predicted molar refractivity (Wildman–Crippen MR) is 40.1 cm³/mol. The van der Waals surface area contributed by atoms with Crippen molar-refractivity contribution in [2.75, 3.05) is 12.8 Å². The first-order chi connectivity index (χ1) is 4.75. The standard InChI is InChI=1S/C6H7NO2S.ClH/c1-9-6(8)4-2-10-3-5(4)7;/h2-3H,7H2,1H3;1H/p-1. The zero-order chi connectivity index (χ0) is 7.56. The molecule has 62 valence electrons. The topological polar surface area (TPSA) is 52.3 Å². The lowest BCUT2D eigenvalue weighted by Crippen LogP contribution is -3.00. The molecule has 0 aliphatic heterocycles. The molecule has 0 aliphatic carbocycles. The third kappa shape index (κ3) is 2.10. The lowest BCUT2D eigenvalue weighted by Gasteiger charge is -1.94. The molecule has 2 N–H and O–H groups in total. The van der Waals surface area contributed by atoms with Crippen LogP contribution >= 0.6 is 11.3 Å². The monoisotopic (exact) mass is 192 g/mol. The highest BCUT2D eigenvalue weighted by Crippen LogP contribution is 2.17. The van der Waals surface area contributed by atoms with Gasteiger partial charge in [0.2, 0.25) is 0 Å². The van der Waals surface area contributed by atoms with Crippen LogP contribution in [0.15, 0.2) is 10.8 Å². The second kappa shape index (κ2) is 4.20. The van der Waals surface area contributed by atoms with Gasteiger partial charge in [0.25, 0.3) is 0 Å². The van der Waals surface area contributed by atoms with Crippen LogP contribution in [0, 0.1) is 0 Å². The summed E-state index contributed by atoms with van der Waals surface area (Å²) >= 11 is 1.38. The SMILES string of the molecule is COC(=O)c1cscc1N.[Cl-]. The second-order valence-electron chi connectivity index (χ2n) is 1.73. The number of nitrogen functional groups attached to an aromatic ring is 1. The van der Waals surface area contributed by atoms with E-state index in [0.29, 0.717) is 11.3 Å². The molecule has 1 aromatic heterocycles. The molecule has 0 saturated heterocycles. The molecule has 1 aromatic rings. The average Bonchev–Trinajstić information content (AvgIpc) is 2.34. The van der Waals surface area contributed by atoms with Gasteiger partial charge in [-0.3, -0.25) is 0 Å². The first-order valence-corrected chi connectivity index (χ1v) is 3.60. The van der Waals surface area contributed by atoms with E-state index >= 15 is 0 Å². The minimum atomic E-state index is -0.376. The van der Waals surface area contributed by atoms with Crippen molar-refractivity contribution >= 4 is 23.0 Å². The molecule has 1 rings (SSSR count). The molecule has 0 amide bonds. The summed E-state index contributed by atoms with van der Waals surface area (Å²) in [5.41, 5.74) is 6.36. The quantitative estimate of drug-likeness (QED) is 0.530. The molecule has 0 unspecified atom stereocenters. The van der Waals surface area contributed by atoms with E-state index in [1.807, 2.05) is 0 Å². The van der Waals surface area contributed by atoms with E-state index in [4.69, 9.17) is 5.73 Å². The van der Waals surface area contributed by atoms with Crippen molar-refractivity contribution in [3.63, 3.8) is 0 Å². The van der Waals surface area contributed by atoms with Crippen molar-refractivity contribution in [3.8, 4) is 0 Å². The van der Waals surface area contributed by atoms with Crippen LogP contribution in [0.3, 0.4) is 0 Å². The fourth-order valence-corrected chi connectivity index (χ4v) is 1.29. The summed E-state index contributed by atoms with van der Waals surface area (Å²) in [6.07, 6.45) is 0. The van der Waals surface area contributed by atoms with E-state index < -0.39 is 0 Å². The smallest absolute Gasteiger partial charge is 0.340 e. The Labute approximate surface area is 74.6 Å². The number of methoxy groups -OCH3 is 1. The summed E-state index contributed by atoms with van der Waals surface area (Å²) in [6, 6.07) is 0. The van der Waals surface area contributed by atoms with Crippen molar-refractivity contribution < 1.29 is 21.9 Å². The van der Waals surface area contributed by atoms with Crippen LogP contribution in [-0.4, -0.2) is 13.1 Å². The summed E-state index contributed by atoms with van der Waals surface area (Å²) in [6.45, 7) is 0.